The van der Waals surface area contributed by atoms with Crippen LogP contribution in [0, 0.1) is 0 Å². The number of ketones is 4. The molecule has 6 aromatic heterocycles. The Morgan fingerprint density at radius 1 is 0.378 bits per heavy atom. The number of rotatable bonds is 28. The van der Waals surface area contributed by atoms with Gasteiger partial charge in [-0.3, -0.25) is 42.6 Å². The highest BCUT2D eigenvalue weighted by molar-refractivity contribution is 6.32. The van der Waals surface area contributed by atoms with E-state index in [2.05, 4.69) is 45.2 Å². The summed E-state index contributed by atoms with van der Waals surface area (Å²) in [7, 11) is 3.91. The van der Waals surface area contributed by atoms with Gasteiger partial charge in [0.2, 0.25) is 6.79 Å². The zero-order chi connectivity index (χ0) is 85.1. The Labute approximate surface area is 712 Å². The largest absolute Gasteiger partial charge is 0.486 e. The van der Waals surface area contributed by atoms with E-state index in [0.29, 0.717) is 71.0 Å². The minimum atomic E-state index is -0.871. The monoisotopic (exact) mass is 1690 g/mol. The van der Waals surface area contributed by atoms with Crippen LogP contribution in [-0.2, 0) is 105 Å². The average Bonchev–Trinajstić information content (AvgIpc) is 1.69. The summed E-state index contributed by atoms with van der Waals surface area (Å²) in [6, 6.07) is 58.9. The Bertz CT molecular complexity index is 5810. The molecular weight excluding hydrogens is 1590 g/mol. The maximum atomic E-state index is 11.8. The quantitative estimate of drug-likeness (QED) is 0.0443. The van der Waals surface area contributed by atoms with E-state index in [4.69, 9.17) is 99.6 Å². The van der Waals surface area contributed by atoms with E-state index in [-0.39, 0.29) is 56.4 Å². The number of Topliss-reactive ketones (excluding diaryl/α,β-unsaturated/α-hetero) is 4. The molecule has 0 N–H and O–H groups in total. The van der Waals surface area contributed by atoms with Crippen molar-refractivity contribution in [2.24, 2.45) is 14.1 Å². The van der Waals surface area contributed by atoms with Crippen LogP contribution in [0.15, 0.2) is 201 Å². The fourth-order valence-corrected chi connectivity index (χ4v) is 13.2. The Kier molecular flexibility index (Phi) is 27.9. The molecule has 0 spiro atoms. The first-order valence-corrected chi connectivity index (χ1v) is 40.3. The summed E-state index contributed by atoms with van der Waals surface area (Å²) in [6.45, 7) is 24.5. The third-order valence-corrected chi connectivity index (χ3v) is 22.3. The molecule has 15 rings (SSSR count). The van der Waals surface area contributed by atoms with Crippen LogP contribution in [0.25, 0.3) is 55.9 Å². The third-order valence-electron chi connectivity index (χ3n) is 20.8. The summed E-state index contributed by atoms with van der Waals surface area (Å²) in [4.78, 5) is 47.1. The number of hydrogen-bond acceptors (Lipinski definition) is 17. The summed E-state index contributed by atoms with van der Waals surface area (Å²) in [6.07, 6.45) is 5.78. The molecule has 8 heterocycles. The molecule has 0 atom stereocenters. The van der Waals surface area contributed by atoms with Crippen LogP contribution in [0.3, 0.4) is 0 Å². The minimum Gasteiger partial charge on any atom is -0.486 e. The van der Waals surface area contributed by atoms with Gasteiger partial charge in [-0.2, -0.15) is 25.5 Å². The molecule has 13 aromatic rings. The Balaban J connectivity index is 0.000000146. The Hall–Kier alpha value is -11.0. The molecule has 0 amide bonds. The smallest absolute Gasteiger partial charge is 0.231 e. The molecule has 2 aliphatic heterocycles. The van der Waals surface area contributed by atoms with Gasteiger partial charge in [0, 0.05) is 74.4 Å². The van der Waals surface area contributed by atoms with Crippen LogP contribution >= 0.6 is 46.4 Å². The minimum absolute atomic E-state index is 0.0163. The van der Waals surface area contributed by atoms with E-state index in [1.165, 1.54) is 33.1 Å². The predicted octanol–water partition coefficient (Wildman–Crippen LogP) is 19.3. The third kappa shape index (κ3) is 22.1. The van der Waals surface area contributed by atoms with Crippen molar-refractivity contribution in [3.8, 4) is 68.0 Å². The lowest BCUT2D eigenvalue weighted by Crippen LogP contribution is -2.32. The van der Waals surface area contributed by atoms with Crippen molar-refractivity contribution in [1.29, 1.82) is 0 Å². The molecule has 620 valence electrons. The molecule has 23 nitrogen and oxygen atoms in total. The second-order valence-electron chi connectivity index (χ2n) is 31.0. The molecule has 0 fully saturated rings. The molecule has 2 aliphatic rings. The lowest BCUT2D eigenvalue weighted by atomic mass is 10.1. The van der Waals surface area contributed by atoms with E-state index in [1.54, 1.807) is 66.3 Å². The van der Waals surface area contributed by atoms with Gasteiger partial charge >= 0.3 is 0 Å². The summed E-state index contributed by atoms with van der Waals surface area (Å²) in [5, 5.41) is 27.1. The van der Waals surface area contributed by atoms with Crippen molar-refractivity contribution in [2.45, 2.75) is 158 Å². The Morgan fingerprint density at radius 2 is 0.689 bits per heavy atom. The molecule has 0 bridgehead atoms. The highest BCUT2D eigenvalue weighted by Crippen LogP contribution is 2.39. The molecule has 27 heteroatoms. The Morgan fingerprint density at radius 3 is 1.03 bits per heavy atom. The zero-order valence-electron chi connectivity index (χ0n) is 69.2. The van der Waals surface area contributed by atoms with Gasteiger partial charge in [-0.1, -0.05) is 131 Å². The SMILES string of the molecule is CC(=O)C(C)(C)OCc1cc(-c2ccc3c(c2)OCCO3)n(Cc2ccccc2Cl)n1.CC(=O)C(C)(C)OCc1cc(-c2ccc3c(c2)OCO3)n(Cc2ccccc2Cl)n1.CC(=O)C(C)(C)OCc1cc(-c2ccc3ccn(C)c3c2)n(Cc2ccccc2Cl)n1.CC(=O)C(C)(C)OCc1cc(-c2cnn(C)c2)n(Cc2ccccc2Cl)n1. The summed E-state index contributed by atoms with van der Waals surface area (Å²) in [5.74, 6) is 2.77. The normalized spacial score (nSPS) is 12.5. The fraction of sp³-hybridized carbons (Fsp3) is 0.315. The van der Waals surface area contributed by atoms with Crippen molar-refractivity contribution in [3.63, 3.8) is 0 Å². The number of ether oxygens (including phenoxy) is 8. The predicted molar refractivity (Wildman–Crippen MR) is 461 cm³/mol. The fourth-order valence-electron chi connectivity index (χ4n) is 12.4. The maximum absolute atomic E-state index is 11.8. The summed E-state index contributed by atoms with van der Waals surface area (Å²) >= 11 is 25.5. The van der Waals surface area contributed by atoms with Crippen molar-refractivity contribution >= 4 is 80.4 Å². The van der Waals surface area contributed by atoms with Gasteiger partial charge in [-0.15, -0.1) is 0 Å². The van der Waals surface area contributed by atoms with E-state index >= 15 is 0 Å². The molecule has 0 aliphatic carbocycles. The van der Waals surface area contributed by atoms with Crippen LogP contribution in [0.2, 0.25) is 20.1 Å². The first-order valence-electron chi connectivity index (χ1n) is 38.8. The molecular formula is C92H97Cl4N11O12. The standard InChI is InChI=1S/C25H26ClN3O2.C24H25ClN2O4.C23H23ClN2O4.C20H23ClN4O2/c1-17(30)25(2,3)31-16-21-14-24(19-10-9-18-11-12-28(4)23(18)13-19)29(27-21)15-20-7-5-6-8-22(20)26;1-16(28)24(2,3)31-15-19-13-21(17-8-9-22-23(12-17)30-11-10-29-22)27(26-19)14-18-6-4-5-7-20(18)25;1-15(27)23(2,3)30-13-18-11-20(16-8-9-21-22(10-16)29-14-28-21)26(25-18)12-17-6-4-5-7-19(17)24;1-14(26)20(2,3)27-13-17-9-19(16-10-22-24(4)11-16)25(23-17)12-15-7-5-6-8-18(15)21/h5-14H,15-16H2,1-4H3;4-9,12-13H,10-11,14-15H2,1-3H3;4-11H,12-14H2,1-3H3;5-11H,12-13H2,1-4H3. The molecule has 0 saturated heterocycles. The number of aryl methyl sites for hydroxylation is 2. The molecule has 7 aromatic carbocycles. The van der Waals surface area contributed by atoms with Gasteiger partial charge in [0.15, 0.2) is 46.1 Å². The average molecular weight is 1690 g/mol. The number of carbonyl (C=O) groups excluding carboxylic acids is 4. The van der Waals surface area contributed by atoms with Crippen LogP contribution in [0.1, 0.15) is 128 Å². The number of fused-ring (bicyclic) bond motifs is 3. The summed E-state index contributed by atoms with van der Waals surface area (Å²) < 4.78 is 57.2. The number of aromatic nitrogens is 11. The van der Waals surface area contributed by atoms with Gasteiger partial charge < -0.3 is 42.5 Å². The maximum Gasteiger partial charge on any atom is 0.231 e. The molecule has 0 saturated carbocycles. The van der Waals surface area contributed by atoms with Gasteiger partial charge in [-0.05, 0) is 208 Å². The number of hydrogen-bond donors (Lipinski definition) is 0. The van der Waals surface area contributed by atoms with Crippen molar-refractivity contribution in [3.05, 3.63) is 266 Å². The van der Waals surface area contributed by atoms with E-state index < -0.39 is 22.4 Å². The highest BCUT2D eigenvalue weighted by atomic mass is 35.5. The second kappa shape index (κ2) is 38.0. The topological polar surface area (TPSA) is 236 Å². The molecule has 0 unspecified atom stereocenters. The van der Waals surface area contributed by atoms with Gasteiger partial charge in [0.1, 0.15) is 35.6 Å². The number of benzene rings is 7. The first kappa shape index (κ1) is 87.3. The van der Waals surface area contributed by atoms with Crippen molar-refractivity contribution in [1.82, 2.24) is 53.5 Å². The zero-order valence-corrected chi connectivity index (χ0v) is 72.2. The van der Waals surface area contributed by atoms with E-state index in [9.17, 15) is 19.2 Å². The number of carbonyl (C=O) groups is 4. The lowest BCUT2D eigenvalue weighted by Gasteiger charge is -2.21. The van der Waals surface area contributed by atoms with Crippen LogP contribution < -0.4 is 18.9 Å². The number of nitrogens with zero attached hydrogens (tertiary/aromatic N) is 11. The van der Waals surface area contributed by atoms with Crippen LogP contribution in [-0.4, -0.2) is 119 Å². The second-order valence-corrected chi connectivity index (χ2v) is 32.7. The lowest BCUT2D eigenvalue weighted by molar-refractivity contribution is -0.140. The van der Waals surface area contributed by atoms with Crippen molar-refractivity contribution < 1.29 is 57.1 Å². The first-order chi connectivity index (χ1) is 56.7. The van der Waals surface area contributed by atoms with Crippen LogP contribution in [0.5, 0.6) is 23.0 Å². The number of halogens is 4. The van der Waals surface area contributed by atoms with E-state index in [1.807, 2.05) is 197 Å². The molecule has 119 heavy (non-hydrogen) atoms. The molecule has 0 radical (unpaired) electrons. The van der Waals surface area contributed by atoms with E-state index in [0.717, 1.165) is 107 Å². The van der Waals surface area contributed by atoms with Gasteiger partial charge in [-0.25, -0.2) is 0 Å². The van der Waals surface area contributed by atoms with Crippen molar-refractivity contribution in [2.75, 3.05) is 20.0 Å². The van der Waals surface area contributed by atoms with Crippen LogP contribution in [0.4, 0.5) is 0 Å². The highest BCUT2D eigenvalue weighted by Gasteiger charge is 2.30. The van der Waals surface area contributed by atoms with Gasteiger partial charge in [0.05, 0.1) is 104 Å². The summed E-state index contributed by atoms with van der Waals surface area (Å²) in [5.41, 5.74) is 12.2. The van der Waals surface area contributed by atoms with Gasteiger partial charge in [0.25, 0.3) is 0 Å².